The molecule has 1 rings (SSSR count). The first-order valence-electron chi connectivity index (χ1n) is 5.93. The summed E-state index contributed by atoms with van der Waals surface area (Å²) in [5.74, 6) is 0. The van der Waals surface area contributed by atoms with Gasteiger partial charge in [0.2, 0.25) is 0 Å². The molecule has 0 aliphatic rings. The summed E-state index contributed by atoms with van der Waals surface area (Å²) in [4.78, 5) is 0. The number of halogens is 3. The highest BCUT2D eigenvalue weighted by molar-refractivity contribution is 5.32. The Bertz CT molecular complexity index is 375. The van der Waals surface area contributed by atoms with Crippen molar-refractivity contribution in [3.05, 3.63) is 35.4 Å². The number of hydrogen-bond donors (Lipinski definition) is 2. The fraction of sp³-hybridized carbons (Fsp3) is 0.538. The minimum Gasteiger partial charge on any atom is -0.395 e. The number of benzene rings is 1. The average molecular weight is 261 g/mol. The molecule has 1 aromatic carbocycles. The highest BCUT2D eigenvalue weighted by Crippen LogP contribution is 2.34. The van der Waals surface area contributed by atoms with Crippen LogP contribution in [0.3, 0.4) is 0 Å². The molecular weight excluding hydrogens is 243 g/mol. The van der Waals surface area contributed by atoms with Crippen LogP contribution in [0.25, 0.3) is 0 Å². The first-order chi connectivity index (χ1) is 8.40. The molecule has 0 aliphatic heterocycles. The monoisotopic (exact) mass is 261 g/mol. The Labute approximate surface area is 105 Å². The Kier molecular flexibility index (Phi) is 5.16. The summed E-state index contributed by atoms with van der Waals surface area (Å²) < 4.78 is 38.5. The molecule has 0 saturated carbocycles. The van der Waals surface area contributed by atoms with Crippen LogP contribution in [0.1, 0.15) is 37.4 Å². The van der Waals surface area contributed by atoms with Crippen LogP contribution in [0.5, 0.6) is 0 Å². The predicted octanol–water partition coefficient (Wildman–Crippen LogP) is 3.13. The number of nitrogens with one attached hydrogen (secondary N) is 1. The van der Waals surface area contributed by atoms with Gasteiger partial charge in [-0.05, 0) is 25.0 Å². The van der Waals surface area contributed by atoms with Gasteiger partial charge in [0.1, 0.15) is 0 Å². The number of rotatable bonds is 5. The standard InChI is InChI=1S/C13H18F3NO/c1-3-10(8-18)17-9(2)11-6-4-5-7-12(11)13(14,15)16/h4-7,9-10,17-18H,3,8H2,1-2H3/t9?,10-/m1/s1. The van der Waals surface area contributed by atoms with Crippen LogP contribution in [0.15, 0.2) is 24.3 Å². The maximum absolute atomic E-state index is 12.8. The van der Waals surface area contributed by atoms with Gasteiger partial charge in [-0.15, -0.1) is 0 Å². The summed E-state index contributed by atoms with van der Waals surface area (Å²) >= 11 is 0. The maximum Gasteiger partial charge on any atom is 0.416 e. The van der Waals surface area contributed by atoms with Gasteiger partial charge >= 0.3 is 6.18 Å². The highest BCUT2D eigenvalue weighted by atomic mass is 19.4. The minimum atomic E-state index is -4.35. The maximum atomic E-state index is 12.8. The van der Waals surface area contributed by atoms with Crippen molar-refractivity contribution in [1.29, 1.82) is 0 Å². The molecule has 5 heteroatoms. The van der Waals surface area contributed by atoms with Crippen molar-refractivity contribution in [2.24, 2.45) is 0 Å². The lowest BCUT2D eigenvalue weighted by molar-refractivity contribution is -0.138. The molecule has 102 valence electrons. The zero-order valence-electron chi connectivity index (χ0n) is 10.5. The lowest BCUT2D eigenvalue weighted by Gasteiger charge is -2.23. The smallest absolute Gasteiger partial charge is 0.395 e. The van der Waals surface area contributed by atoms with Gasteiger partial charge in [-0.2, -0.15) is 13.2 Å². The Morgan fingerprint density at radius 3 is 2.39 bits per heavy atom. The van der Waals surface area contributed by atoms with Crippen molar-refractivity contribution in [2.75, 3.05) is 6.61 Å². The molecule has 2 N–H and O–H groups in total. The Balaban J connectivity index is 2.95. The molecule has 0 fully saturated rings. The van der Waals surface area contributed by atoms with Gasteiger partial charge in [-0.1, -0.05) is 25.1 Å². The summed E-state index contributed by atoms with van der Waals surface area (Å²) in [7, 11) is 0. The lowest BCUT2D eigenvalue weighted by atomic mass is 10.00. The summed E-state index contributed by atoms with van der Waals surface area (Å²) in [6, 6.07) is 4.85. The zero-order valence-corrected chi connectivity index (χ0v) is 10.5. The molecule has 0 heterocycles. The van der Waals surface area contributed by atoms with E-state index in [2.05, 4.69) is 5.32 Å². The Hall–Kier alpha value is -1.07. The van der Waals surface area contributed by atoms with Crippen molar-refractivity contribution < 1.29 is 18.3 Å². The zero-order chi connectivity index (χ0) is 13.8. The highest BCUT2D eigenvalue weighted by Gasteiger charge is 2.34. The van der Waals surface area contributed by atoms with Crippen molar-refractivity contribution >= 4 is 0 Å². The Morgan fingerprint density at radius 2 is 1.89 bits per heavy atom. The third-order valence-electron chi connectivity index (χ3n) is 2.93. The van der Waals surface area contributed by atoms with Crippen molar-refractivity contribution in [3.8, 4) is 0 Å². The molecule has 1 unspecified atom stereocenters. The van der Waals surface area contributed by atoms with Crippen molar-refractivity contribution in [1.82, 2.24) is 5.32 Å². The normalized spacial score (nSPS) is 15.4. The van der Waals surface area contributed by atoms with E-state index in [1.807, 2.05) is 6.92 Å². The number of aliphatic hydroxyl groups is 1. The van der Waals surface area contributed by atoms with E-state index in [4.69, 9.17) is 5.11 Å². The summed E-state index contributed by atoms with van der Waals surface area (Å²) in [6.07, 6.45) is -3.69. The van der Waals surface area contributed by atoms with E-state index in [1.54, 1.807) is 13.0 Å². The van der Waals surface area contributed by atoms with E-state index < -0.39 is 17.8 Å². The molecule has 0 aromatic heterocycles. The van der Waals surface area contributed by atoms with Crippen LogP contribution in [-0.2, 0) is 6.18 Å². The molecule has 2 atom stereocenters. The molecule has 0 saturated heterocycles. The molecular formula is C13H18F3NO. The van der Waals surface area contributed by atoms with Crippen LogP contribution < -0.4 is 5.32 Å². The molecule has 18 heavy (non-hydrogen) atoms. The van der Waals surface area contributed by atoms with Crippen LogP contribution in [-0.4, -0.2) is 17.8 Å². The topological polar surface area (TPSA) is 32.3 Å². The van der Waals surface area contributed by atoms with Crippen LogP contribution in [0, 0.1) is 0 Å². The van der Waals surface area contributed by atoms with Gasteiger partial charge in [0.15, 0.2) is 0 Å². The molecule has 0 aliphatic carbocycles. The van der Waals surface area contributed by atoms with E-state index in [0.717, 1.165) is 6.07 Å². The second-order valence-corrected chi connectivity index (χ2v) is 4.26. The van der Waals surface area contributed by atoms with Gasteiger partial charge in [0, 0.05) is 12.1 Å². The van der Waals surface area contributed by atoms with E-state index in [1.165, 1.54) is 12.1 Å². The fourth-order valence-electron chi connectivity index (χ4n) is 1.88. The molecule has 1 aromatic rings. The van der Waals surface area contributed by atoms with Gasteiger partial charge in [-0.25, -0.2) is 0 Å². The quantitative estimate of drug-likeness (QED) is 0.853. The number of alkyl halides is 3. The summed E-state index contributed by atoms with van der Waals surface area (Å²) in [6.45, 7) is 3.45. The lowest BCUT2D eigenvalue weighted by Crippen LogP contribution is -2.34. The average Bonchev–Trinajstić information content (AvgIpc) is 2.34. The van der Waals surface area contributed by atoms with E-state index in [-0.39, 0.29) is 18.2 Å². The fourth-order valence-corrected chi connectivity index (χ4v) is 1.88. The molecule has 0 amide bonds. The number of aliphatic hydroxyl groups excluding tert-OH is 1. The summed E-state index contributed by atoms with van der Waals surface area (Å²) in [5, 5.41) is 12.1. The second kappa shape index (κ2) is 6.20. The minimum absolute atomic E-state index is 0.0883. The van der Waals surface area contributed by atoms with Gasteiger partial charge in [0.25, 0.3) is 0 Å². The first kappa shape index (κ1) is 15.0. The number of hydrogen-bond acceptors (Lipinski definition) is 2. The predicted molar refractivity (Wildman–Crippen MR) is 64.2 cm³/mol. The Morgan fingerprint density at radius 1 is 1.28 bits per heavy atom. The second-order valence-electron chi connectivity index (χ2n) is 4.26. The third-order valence-corrected chi connectivity index (χ3v) is 2.93. The van der Waals surface area contributed by atoms with Gasteiger partial charge in [-0.3, -0.25) is 0 Å². The van der Waals surface area contributed by atoms with Crippen LogP contribution in [0.4, 0.5) is 13.2 Å². The van der Waals surface area contributed by atoms with Crippen molar-refractivity contribution in [3.63, 3.8) is 0 Å². The molecule has 0 spiro atoms. The van der Waals surface area contributed by atoms with Gasteiger partial charge < -0.3 is 10.4 Å². The first-order valence-corrected chi connectivity index (χ1v) is 5.93. The van der Waals surface area contributed by atoms with Crippen LogP contribution >= 0.6 is 0 Å². The molecule has 0 bridgehead atoms. The van der Waals surface area contributed by atoms with Gasteiger partial charge in [0.05, 0.1) is 12.2 Å². The largest absolute Gasteiger partial charge is 0.416 e. The molecule has 2 nitrogen and oxygen atoms in total. The summed E-state index contributed by atoms with van der Waals surface area (Å²) in [5.41, 5.74) is -0.422. The van der Waals surface area contributed by atoms with Crippen LogP contribution in [0.2, 0.25) is 0 Å². The van der Waals surface area contributed by atoms with E-state index in [9.17, 15) is 13.2 Å². The molecule has 0 radical (unpaired) electrons. The van der Waals surface area contributed by atoms with E-state index in [0.29, 0.717) is 6.42 Å². The van der Waals surface area contributed by atoms with E-state index >= 15 is 0 Å². The third kappa shape index (κ3) is 3.71. The van der Waals surface area contributed by atoms with Crippen molar-refractivity contribution in [2.45, 2.75) is 38.5 Å². The SMILES string of the molecule is CC[C@H](CO)NC(C)c1ccccc1C(F)(F)F.